The van der Waals surface area contributed by atoms with Crippen LogP contribution in [0.15, 0.2) is 55.1 Å². The first-order valence-corrected chi connectivity index (χ1v) is 6.60. The second-order valence-electron chi connectivity index (χ2n) is 4.53. The van der Waals surface area contributed by atoms with Gasteiger partial charge in [0, 0.05) is 11.1 Å². The standard InChI is InChI=1S/C17H15N3O/c1-3-12-7-4-5-10-15(12)17-18-16(19-20-17)13-8-6-9-14(11-13)21-2/h3-11H,1H2,2H3,(H,18,19,20). The van der Waals surface area contributed by atoms with E-state index in [0.717, 1.165) is 28.3 Å². The minimum Gasteiger partial charge on any atom is -0.497 e. The Balaban J connectivity index is 2.01. The molecule has 3 aromatic rings. The summed E-state index contributed by atoms with van der Waals surface area (Å²) in [5.41, 5.74) is 2.91. The summed E-state index contributed by atoms with van der Waals surface area (Å²) in [5, 5.41) is 7.27. The van der Waals surface area contributed by atoms with Crippen LogP contribution in [-0.2, 0) is 0 Å². The lowest BCUT2D eigenvalue weighted by Crippen LogP contribution is -1.86. The van der Waals surface area contributed by atoms with Gasteiger partial charge in [0.1, 0.15) is 5.75 Å². The highest BCUT2D eigenvalue weighted by Gasteiger charge is 2.10. The molecule has 4 nitrogen and oxygen atoms in total. The summed E-state index contributed by atoms with van der Waals surface area (Å²) < 4.78 is 5.23. The van der Waals surface area contributed by atoms with Crippen LogP contribution in [0.5, 0.6) is 5.75 Å². The fourth-order valence-electron chi connectivity index (χ4n) is 2.16. The van der Waals surface area contributed by atoms with Crippen LogP contribution in [0.4, 0.5) is 0 Å². The van der Waals surface area contributed by atoms with Crippen molar-refractivity contribution in [3.63, 3.8) is 0 Å². The van der Waals surface area contributed by atoms with Crippen LogP contribution < -0.4 is 4.74 Å². The van der Waals surface area contributed by atoms with Crippen molar-refractivity contribution in [3.05, 3.63) is 60.7 Å². The van der Waals surface area contributed by atoms with Crippen LogP contribution in [-0.4, -0.2) is 22.3 Å². The van der Waals surface area contributed by atoms with E-state index in [1.807, 2.05) is 54.6 Å². The molecule has 0 bridgehead atoms. The van der Waals surface area contributed by atoms with E-state index in [1.165, 1.54) is 0 Å². The number of hydrogen-bond donors (Lipinski definition) is 1. The van der Waals surface area contributed by atoms with Crippen molar-refractivity contribution in [1.82, 2.24) is 15.2 Å². The lowest BCUT2D eigenvalue weighted by molar-refractivity contribution is 0.415. The Morgan fingerprint density at radius 1 is 1.14 bits per heavy atom. The van der Waals surface area contributed by atoms with E-state index in [1.54, 1.807) is 7.11 Å². The van der Waals surface area contributed by atoms with Gasteiger partial charge in [0.25, 0.3) is 0 Å². The van der Waals surface area contributed by atoms with Crippen molar-refractivity contribution in [1.29, 1.82) is 0 Å². The largest absolute Gasteiger partial charge is 0.497 e. The summed E-state index contributed by atoms with van der Waals surface area (Å²) in [4.78, 5) is 4.56. The van der Waals surface area contributed by atoms with Crippen LogP contribution in [0.1, 0.15) is 5.56 Å². The van der Waals surface area contributed by atoms with Crippen molar-refractivity contribution >= 4 is 6.08 Å². The molecule has 21 heavy (non-hydrogen) atoms. The molecule has 3 rings (SSSR count). The fourth-order valence-corrected chi connectivity index (χ4v) is 2.16. The third-order valence-electron chi connectivity index (χ3n) is 3.25. The van der Waals surface area contributed by atoms with Gasteiger partial charge in [0.05, 0.1) is 7.11 Å². The molecule has 0 fully saturated rings. The number of aromatic amines is 1. The Morgan fingerprint density at radius 3 is 2.81 bits per heavy atom. The molecule has 4 heteroatoms. The molecule has 1 aromatic heterocycles. The Morgan fingerprint density at radius 2 is 2.00 bits per heavy atom. The Bertz CT molecular complexity index is 777. The molecule has 0 aliphatic rings. The fraction of sp³-hybridized carbons (Fsp3) is 0.0588. The maximum atomic E-state index is 5.23. The van der Waals surface area contributed by atoms with Crippen molar-refractivity contribution in [2.75, 3.05) is 7.11 Å². The average molecular weight is 277 g/mol. The van der Waals surface area contributed by atoms with Crippen molar-refractivity contribution in [2.45, 2.75) is 0 Å². The molecule has 1 heterocycles. The molecule has 0 aliphatic heterocycles. The summed E-state index contributed by atoms with van der Waals surface area (Å²) >= 11 is 0. The molecule has 0 amide bonds. The molecule has 0 spiro atoms. The third-order valence-corrected chi connectivity index (χ3v) is 3.25. The average Bonchev–Trinajstić information content (AvgIpc) is 3.04. The minimum absolute atomic E-state index is 0.641. The van der Waals surface area contributed by atoms with E-state index in [9.17, 15) is 0 Å². The van der Waals surface area contributed by atoms with Gasteiger partial charge < -0.3 is 4.74 Å². The number of rotatable bonds is 4. The molecule has 1 N–H and O–H groups in total. The van der Waals surface area contributed by atoms with Crippen LogP contribution in [0.25, 0.3) is 28.9 Å². The topological polar surface area (TPSA) is 50.8 Å². The van der Waals surface area contributed by atoms with Crippen molar-refractivity contribution < 1.29 is 4.74 Å². The highest BCUT2D eigenvalue weighted by molar-refractivity contribution is 5.71. The molecule has 0 saturated carbocycles. The zero-order valence-corrected chi connectivity index (χ0v) is 11.7. The van der Waals surface area contributed by atoms with Gasteiger partial charge in [-0.15, -0.1) is 0 Å². The van der Waals surface area contributed by atoms with Gasteiger partial charge in [-0.1, -0.05) is 49.1 Å². The van der Waals surface area contributed by atoms with Gasteiger partial charge in [-0.2, -0.15) is 5.10 Å². The molecule has 2 aromatic carbocycles. The maximum absolute atomic E-state index is 5.23. The molecule has 104 valence electrons. The van der Waals surface area contributed by atoms with Gasteiger partial charge in [-0.05, 0) is 17.7 Å². The van der Waals surface area contributed by atoms with Gasteiger partial charge >= 0.3 is 0 Å². The summed E-state index contributed by atoms with van der Waals surface area (Å²) in [6, 6.07) is 15.6. The first-order valence-electron chi connectivity index (χ1n) is 6.60. The van der Waals surface area contributed by atoms with E-state index in [4.69, 9.17) is 4.74 Å². The smallest absolute Gasteiger partial charge is 0.181 e. The molecular weight excluding hydrogens is 262 g/mol. The predicted molar refractivity (Wildman–Crippen MR) is 83.9 cm³/mol. The van der Waals surface area contributed by atoms with Crippen molar-refractivity contribution in [3.8, 4) is 28.5 Å². The van der Waals surface area contributed by atoms with Gasteiger partial charge in [0.2, 0.25) is 0 Å². The summed E-state index contributed by atoms with van der Waals surface area (Å²) in [6.07, 6.45) is 1.81. The highest BCUT2D eigenvalue weighted by atomic mass is 16.5. The molecule has 0 aliphatic carbocycles. The van der Waals surface area contributed by atoms with Crippen molar-refractivity contribution in [2.24, 2.45) is 0 Å². The quantitative estimate of drug-likeness (QED) is 0.789. The minimum atomic E-state index is 0.641. The van der Waals surface area contributed by atoms with E-state index < -0.39 is 0 Å². The van der Waals surface area contributed by atoms with Gasteiger partial charge in [-0.3, -0.25) is 5.10 Å². The number of nitrogens with zero attached hydrogens (tertiary/aromatic N) is 2. The van der Waals surface area contributed by atoms with Gasteiger partial charge in [-0.25, -0.2) is 4.98 Å². The number of aromatic nitrogens is 3. The second-order valence-corrected chi connectivity index (χ2v) is 4.53. The summed E-state index contributed by atoms with van der Waals surface area (Å²) in [7, 11) is 1.64. The van der Waals surface area contributed by atoms with E-state index in [-0.39, 0.29) is 0 Å². The number of H-pyrrole nitrogens is 1. The zero-order chi connectivity index (χ0) is 14.7. The van der Waals surface area contributed by atoms with E-state index >= 15 is 0 Å². The zero-order valence-electron chi connectivity index (χ0n) is 11.7. The predicted octanol–water partition coefficient (Wildman–Crippen LogP) is 3.79. The molecule has 0 saturated heterocycles. The molecule has 0 unspecified atom stereocenters. The molecular formula is C17H15N3O. The van der Waals surface area contributed by atoms with E-state index in [2.05, 4.69) is 21.8 Å². The van der Waals surface area contributed by atoms with E-state index in [0.29, 0.717) is 5.82 Å². The summed E-state index contributed by atoms with van der Waals surface area (Å²) in [6.45, 7) is 3.83. The van der Waals surface area contributed by atoms with Crippen LogP contribution in [0.3, 0.4) is 0 Å². The van der Waals surface area contributed by atoms with Crippen LogP contribution in [0, 0.1) is 0 Å². The number of nitrogens with one attached hydrogen (secondary N) is 1. The highest BCUT2D eigenvalue weighted by Crippen LogP contribution is 2.25. The number of ether oxygens (including phenoxy) is 1. The number of hydrogen-bond acceptors (Lipinski definition) is 3. The number of methoxy groups -OCH3 is 1. The third kappa shape index (κ3) is 2.56. The first-order chi connectivity index (χ1) is 10.3. The van der Waals surface area contributed by atoms with Gasteiger partial charge in [0.15, 0.2) is 11.6 Å². The Labute approximate surface area is 123 Å². The molecule has 0 radical (unpaired) electrons. The lowest BCUT2D eigenvalue weighted by atomic mass is 10.1. The molecule has 0 atom stereocenters. The lowest BCUT2D eigenvalue weighted by Gasteiger charge is -2.01. The Kier molecular flexibility index (Phi) is 3.51. The first kappa shape index (κ1) is 13.1. The summed E-state index contributed by atoms with van der Waals surface area (Å²) in [5.74, 6) is 2.15. The monoisotopic (exact) mass is 277 g/mol. The number of benzene rings is 2. The maximum Gasteiger partial charge on any atom is 0.181 e. The Hall–Kier alpha value is -2.88. The van der Waals surface area contributed by atoms with Crippen LogP contribution in [0.2, 0.25) is 0 Å². The SMILES string of the molecule is C=Cc1ccccc1-c1nc(-c2cccc(OC)c2)n[nH]1. The normalized spacial score (nSPS) is 10.3. The second kappa shape index (κ2) is 5.63. The van der Waals surface area contributed by atoms with Crippen LogP contribution >= 0.6 is 0 Å².